The zero-order valence-electron chi connectivity index (χ0n) is 20.7. The number of aryl methyl sites for hydroxylation is 1. The Morgan fingerprint density at radius 1 is 1.14 bits per heavy atom. The first-order valence-corrected chi connectivity index (χ1v) is 12.5. The number of ether oxygens (including phenoxy) is 2. The summed E-state index contributed by atoms with van der Waals surface area (Å²) in [4.78, 5) is 38.0. The third-order valence-electron chi connectivity index (χ3n) is 7.41. The molecule has 1 amide bonds. The molecule has 11 heteroatoms. The van der Waals surface area contributed by atoms with Gasteiger partial charge in [0.2, 0.25) is 0 Å². The number of hydrogen-bond acceptors (Lipinski definition) is 9. The normalized spacial score (nSPS) is 25.2. The van der Waals surface area contributed by atoms with Gasteiger partial charge in [0.15, 0.2) is 11.9 Å². The summed E-state index contributed by atoms with van der Waals surface area (Å²) in [6.45, 7) is 2.35. The number of fused-ring (bicyclic) bond motifs is 1. The number of piperidine rings is 1. The highest BCUT2D eigenvalue weighted by Gasteiger charge is 2.39. The standard InChI is InChI=1S/C25H34N6O5/c1-15(22(25(34)35-2)27-23(32)17-6-4-3-5-7-17)36-24(33)20-13-19-12-16(8-10-18(19)14-26-20)9-11-21-28-30-31-29-21/h3-7,15-16,18-20,22,26H,8-14H2,1-2H3,(H,27,32)(H,28,29,30,31)/t15-,16-,18+,19-,20+,22+/m1/s1. The van der Waals surface area contributed by atoms with Gasteiger partial charge in [-0.05, 0) is 69.0 Å². The molecule has 1 saturated heterocycles. The van der Waals surface area contributed by atoms with E-state index >= 15 is 0 Å². The molecular formula is C25H34N6O5. The molecule has 2 heterocycles. The third-order valence-corrected chi connectivity index (χ3v) is 7.41. The Morgan fingerprint density at radius 2 is 1.94 bits per heavy atom. The fourth-order valence-corrected chi connectivity index (χ4v) is 5.37. The fraction of sp³-hybridized carbons (Fsp3) is 0.600. The Balaban J connectivity index is 1.31. The molecule has 6 atom stereocenters. The number of carbonyl (C=O) groups excluding carboxylic acids is 3. The van der Waals surface area contributed by atoms with Crippen LogP contribution in [0.25, 0.3) is 0 Å². The van der Waals surface area contributed by atoms with Crippen molar-refractivity contribution in [2.24, 2.45) is 17.8 Å². The summed E-state index contributed by atoms with van der Waals surface area (Å²) in [5.41, 5.74) is 0.399. The predicted molar refractivity (Wildman–Crippen MR) is 128 cm³/mol. The highest BCUT2D eigenvalue weighted by Crippen LogP contribution is 2.40. The largest absolute Gasteiger partial charge is 0.467 e. The third kappa shape index (κ3) is 6.45. The minimum absolute atomic E-state index is 0.399. The Bertz CT molecular complexity index is 1020. The number of H-pyrrole nitrogens is 1. The zero-order valence-corrected chi connectivity index (χ0v) is 20.7. The molecule has 0 radical (unpaired) electrons. The van der Waals surface area contributed by atoms with Gasteiger partial charge in [0, 0.05) is 12.0 Å². The summed E-state index contributed by atoms with van der Waals surface area (Å²) in [5, 5.41) is 20.1. The maximum atomic E-state index is 13.0. The van der Waals surface area contributed by atoms with E-state index in [0.717, 1.165) is 44.5 Å². The number of rotatable bonds is 9. The smallest absolute Gasteiger partial charge is 0.332 e. The number of benzene rings is 1. The minimum Gasteiger partial charge on any atom is -0.467 e. The van der Waals surface area contributed by atoms with E-state index in [-0.39, 0.29) is 0 Å². The Morgan fingerprint density at radius 3 is 2.67 bits per heavy atom. The minimum atomic E-state index is -1.12. The Hall–Kier alpha value is -3.34. The maximum absolute atomic E-state index is 13.0. The van der Waals surface area contributed by atoms with Crippen LogP contribution in [0.15, 0.2) is 30.3 Å². The number of aromatic amines is 1. The van der Waals surface area contributed by atoms with Crippen molar-refractivity contribution < 1.29 is 23.9 Å². The van der Waals surface area contributed by atoms with Crippen LogP contribution in [-0.4, -0.2) is 70.3 Å². The number of carbonyl (C=O) groups is 3. The topological polar surface area (TPSA) is 148 Å². The van der Waals surface area contributed by atoms with Gasteiger partial charge in [-0.1, -0.05) is 29.8 Å². The van der Waals surface area contributed by atoms with Gasteiger partial charge in [0.25, 0.3) is 5.91 Å². The number of nitrogens with zero attached hydrogens (tertiary/aromatic N) is 3. The Labute approximate surface area is 210 Å². The molecule has 4 rings (SSSR count). The van der Waals surface area contributed by atoms with E-state index < -0.39 is 36.0 Å². The number of esters is 2. The van der Waals surface area contributed by atoms with Crippen LogP contribution < -0.4 is 10.6 Å². The molecule has 36 heavy (non-hydrogen) atoms. The highest BCUT2D eigenvalue weighted by atomic mass is 16.6. The lowest BCUT2D eigenvalue weighted by atomic mass is 9.69. The molecule has 1 aliphatic heterocycles. The molecule has 1 aromatic heterocycles. The summed E-state index contributed by atoms with van der Waals surface area (Å²) in [6.07, 6.45) is 4.94. The summed E-state index contributed by atoms with van der Waals surface area (Å²) in [7, 11) is 1.24. The molecule has 2 fully saturated rings. The van der Waals surface area contributed by atoms with Gasteiger partial charge >= 0.3 is 11.9 Å². The molecule has 3 N–H and O–H groups in total. The number of amides is 1. The molecule has 2 aliphatic rings. The van der Waals surface area contributed by atoms with Crippen LogP contribution in [0, 0.1) is 17.8 Å². The number of tetrazole rings is 1. The fourth-order valence-electron chi connectivity index (χ4n) is 5.37. The molecule has 2 aromatic rings. The molecule has 11 nitrogen and oxygen atoms in total. The first-order valence-electron chi connectivity index (χ1n) is 12.5. The zero-order chi connectivity index (χ0) is 25.5. The predicted octanol–water partition coefficient (Wildman–Crippen LogP) is 1.43. The first kappa shape index (κ1) is 25.7. The number of methoxy groups -OCH3 is 1. The second-order valence-corrected chi connectivity index (χ2v) is 9.74. The Kier molecular flexibility index (Phi) is 8.63. The van der Waals surface area contributed by atoms with Crippen LogP contribution in [0.1, 0.15) is 55.2 Å². The molecule has 0 unspecified atom stereocenters. The average Bonchev–Trinajstić information content (AvgIpc) is 3.43. The lowest BCUT2D eigenvalue weighted by Crippen LogP contribution is -2.53. The quantitative estimate of drug-likeness (QED) is 0.437. The number of nitrogens with one attached hydrogen (secondary N) is 3. The molecular weight excluding hydrogens is 464 g/mol. The summed E-state index contributed by atoms with van der Waals surface area (Å²) < 4.78 is 10.5. The van der Waals surface area contributed by atoms with E-state index in [0.29, 0.717) is 29.7 Å². The monoisotopic (exact) mass is 498 g/mol. The van der Waals surface area contributed by atoms with Gasteiger partial charge in [-0.15, -0.1) is 10.2 Å². The van der Waals surface area contributed by atoms with Gasteiger partial charge in [-0.3, -0.25) is 9.59 Å². The van der Waals surface area contributed by atoms with Crippen LogP contribution in [0.2, 0.25) is 0 Å². The number of hydrogen-bond donors (Lipinski definition) is 3. The lowest BCUT2D eigenvalue weighted by Gasteiger charge is -2.42. The highest BCUT2D eigenvalue weighted by molar-refractivity contribution is 5.97. The van der Waals surface area contributed by atoms with Gasteiger partial charge < -0.3 is 20.1 Å². The van der Waals surface area contributed by atoms with Crippen molar-refractivity contribution in [3.63, 3.8) is 0 Å². The summed E-state index contributed by atoms with van der Waals surface area (Å²) >= 11 is 0. The molecule has 0 bridgehead atoms. The second kappa shape index (κ2) is 12.1. The van der Waals surface area contributed by atoms with E-state index in [1.165, 1.54) is 7.11 Å². The van der Waals surface area contributed by atoms with Gasteiger partial charge in [0.05, 0.1) is 7.11 Å². The van der Waals surface area contributed by atoms with E-state index in [9.17, 15) is 14.4 Å². The van der Waals surface area contributed by atoms with Crippen LogP contribution >= 0.6 is 0 Å². The molecule has 0 spiro atoms. The SMILES string of the molecule is COC(=O)[C@@H](NC(=O)c1ccccc1)[C@@H](C)OC(=O)[C@@H]1C[C@H]2C[C@@H](CCc3nn[nH]n3)CC[C@H]2CN1. The van der Waals surface area contributed by atoms with Crippen LogP contribution in [0.4, 0.5) is 0 Å². The van der Waals surface area contributed by atoms with Crippen molar-refractivity contribution in [1.82, 2.24) is 31.3 Å². The van der Waals surface area contributed by atoms with Crippen LogP contribution in [-0.2, 0) is 25.5 Å². The average molecular weight is 499 g/mol. The first-order chi connectivity index (χ1) is 17.4. The van der Waals surface area contributed by atoms with Crippen LogP contribution in [0.5, 0.6) is 0 Å². The van der Waals surface area contributed by atoms with Crippen molar-refractivity contribution in [3.05, 3.63) is 41.7 Å². The van der Waals surface area contributed by atoms with E-state index in [1.54, 1.807) is 37.3 Å². The molecule has 194 valence electrons. The van der Waals surface area contributed by atoms with Crippen molar-refractivity contribution in [2.75, 3.05) is 13.7 Å². The van der Waals surface area contributed by atoms with Gasteiger partial charge in [-0.2, -0.15) is 5.21 Å². The summed E-state index contributed by atoms with van der Waals surface area (Å²) in [6, 6.07) is 6.97. The second-order valence-electron chi connectivity index (χ2n) is 9.74. The van der Waals surface area contributed by atoms with Crippen molar-refractivity contribution in [2.45, 2.75) is 63.6 Å². The lowest BCUT2D eigenvalue weighted by molar-refractivity contribution is -0.158. The van der Waals surface area contributed by atoms with E-state index in [2.05, 4.69) is 31.3 Å². The molecule has 1 saturated carbocycles. The van der Waals surface area contributed by atoms with E-state index in [4.69, 9.17) is 9.47 Å². The maximum Gasteiger partial charge on any atom is 0.332 e. The van der Waals surface area contributed by atoms with E-state index in [1.807, 2.05) is 0 Å². The summed E-state index contributed by atoms with van der Waals surface area (Å²) in [5.74, 6) is 0.734. The molecule has 1 aliphatic carbocycles. The van der Waals surface area contributed by atoms with Crippen molar-refractivity contribution in [3.8, 4) is 0 Å². The number of aromatic nitrogens is 4. The molecule has 1 aromatic carbocycles. The van der Waals surface area contributed by atoms with Crippen LogP contribution in [0.3, 0.4) is 0 Å². The van der Waals surface area contributed by atoms with Gasteiger partial charge in [-0.25, -0.2) is 4.79 Å². The van der Waals surface area contributed by atoms with Gasteiger partial charge in [0.1, 0.15) is 12.1 Å². The van der Waals surface area contributed by atoms with Crippen molar-refractivity contribution in [1.29, 1.82) is 0 Å². The van der Waals surface area contributed by atoms with Crippen molar-refractivity contribution >= 4 is 17.8 Å².